The summed E-state index contributed by atoms with van der Waals surface area (Å²) in [7, 11) is -9.69. The molecular weight excluding hydrogens is 287 g/mol. The maximum Gasteiger partial charge on any atom is 0.310 e. The molecule has 0 amide bonds. The van der Waals surface area contributed by atoms with Crippen LogP contribution in [0.5, 0.6) is 0 Å². The van der Waals surface area contributed by atoms with Crippen LogP contribution in [-0.2, 0) is 0 Å². The third kappa shape index (κ3) is 2.95. The smallest absolute Gasteiger partial charge is 0.310 e. The summed E-state index contributed by atoms with van der Waals surface area (Å²) in [6, 6.07) is 4.57. The highest BCUT2D eigenvalue weighted by Crippen LogP contribution is 3.02. The van der Waals surface area contributed by atoms with E-state index < -0.39 is 15.1 Å². The minimum absolute atomic E-state index is 0.244. The van der Waals surface area contributed by atoms with Gasteiger partial charge in [0, 0.05) is 23.6 Å². The molecule has 0 fully saturated rings. The Labute approximate surface area is 105 Å². The SMILES string of the molecule is Nc1cc(S(F)(F)(F)(F)F)ccc1-c1ccncc1. The highest BCUT2D eigenvalue weighted by molar-refractivity contribution is 8.45. The number of rotatable bonds is 2. The van der Waals surface area contributed by atoms with Gasteiger partial charge in [-0.15, -0.1) is 0 Å². The number of nitrogen functional groups attached to an aromatic ring is 1. The number of hydrogen-bond acceptors (Lipinski definition) is 2. The molecule has 19 heavy (non-hydrogen) atoms. The van der Waals surface area contributed by atoms with Crippen LogP contribution in [-0.4, -0.2) is 4.98 Å². The normalized spacial score (nSPS) is 15.6. The standard InChI is InChI=1S/C11H9F5N2S/c12-19(13,14,15,16)9-1-2-10(11(17)7-9)8-3-5-18-6-4-8/h1-7H,17H2. The second-order valence-electron chi connectivity index (χ2n) is 3.95. The van der Waals surface area contributed by atoms with E-state index in [9.17, 15) is 19.4 Å². The van der Waals surface area contributed by atoms with Gasteiger partial charge in [-0.1, -0.05) is 25.5 Å². The van der Waals surface area contributed by atoms with Gasteiger partial charge in [0.2, 0.25) is 0 Å². The van der Waals surface area contributed by atoms with Crippen molar-refractivity contribution < 1.29 is 19.4 Å². The van der Waals surface area contributed by atoms with Crippen LogP contribution in [0.1, 0.15) is 0 Å². The Morgan fingerprint density at radius 3 is 1.95 bits per heavy atom. The molecule has 0 saturated carbocycles. The number of benzene rings is 1. The molecule has 8 heteroatoms. The van der Waals surface area contributed by atoms with Gasteiger partial charge in [-0.25, -0.2) is 0 Å². The molecule has 0 atom stereocenters. The first-order valence-corrected chi connectivity index (χ1v) is 6.96. The van der Waals surface area contributed by atoms with Crippen LogP contribution in [0.15, 0.2) is 47.6 Å². The van der Waals surface area contributed by atoms with Crippen molar-refractivity contribution in [2.24, 2.45) is 0 Å². The third-order valence-electron chi connectivity index (χ3n) is 2.46. The molecule has 2 rings (SSSR count). The molecular formula is C11H9F5N2S. The maximum absolute atomic E-state index is 12.6. The van der Waals surface area contributed by atoms with E-state index >= 15 is 0 Å². The summed E-state index contributed by atoms with van der Waals surface area (Å²) in [4.78, 5) is 1.75. The van der Waals surface area contributed by atoms with Crippen molar-refractivity contribution in [3.05, 3.63) is 42.7 Å². The molecule has 1 aromatic carbocycles. The minimum Gasteiger partial charge on any atom is -0.398 e. The van der Waals surface area contributed by atoms with Crippen molar-refractivity contribution in [3.63, 3.8) is 0 Å². The minimum atomic E-state index is -9.69. The summed E-state index contributed by atoms with van der Waals surface area (Å²) in [6.07, 6.45) is 2.85. The Kier molecular flexibility index (Phi) is 2.42. The quantitative estimate of drug-likeness (QED) is 0.626. The van der Waals surface area contributed by atoms with Crippen molar-refractivity contribution in [2.75, 3.05) is 5.73 Å². The van der Waals surface area contributed by atoms with E-state index in [1.54, 1.807) is 0 Å². The highest BCUT2D eigenvalue weighted by atomic mass is 32.5. The van der Waals surface area contributed by atoms with Crippen molar-refractivity contribution >= 4 is 15.9 Å². The highest BCUT2D eigenvalue weighted by Gasteiger charge is 2.65. The van der Waals surface area contributed by atoms with Gasteiger partial charge >= 0.3 is 10.2 Å². The van der Waals surface area contributed by atoms with E-state index in [0.29, 0.717) is 11.6 Å². The number of nitrogens with two attached hydrogens (primary N) is 1. The van der Waals surface area contributed by atoms with Gasteiger partial charge in [0.1, 0.15) is 4.90 Å². The molecule has 1 aromatic heterocycles. The molecule has 2 nitrogen and oxygen atoms in total. The van der Waals surface area contributed by atoms with Gasteiger partial charge in [0.05, 0.1) is 0 Å². The topological polar surface area (TPSA) is 38.9 Å². The molecule has 104 valence electrons. The summed E-state index contributed by atoms with van der Waals surface area (Å²) >= 11 is 0. The zero-order valence-corrected chi connectivity index (χ0v) is 10.2. The Hall–Kier alpha value is -1.83. The molecule has 0 spiro atoms. The van der Waals surface area contributed by atoms with Crippen LogP contribution in [0.25, 0.3) is 11.1 Å². The molecule has 0 bridgehead atoms. The Morgan fingerprint density at radius 1 is 0.895 bits per heavy atom. The average molecular weight is 296 g/mol. The van der Waals surface area contributed by atoms with E-state index in [1.807, 2.05) is 0 Å². The third-order valence-corrected chi connectivity index (χ3v) is 3.60. The lowest BCUT2D eigenvalue weighted by atomic mass is 10.1. The van der Waals surface area contributed by atoms with E-state index in [-0.39, 0.29) is 17.3 Å². The van der Waals surface area contributed by atoms with Crippen LogP contribution in [0.4, 0.5) is 25.1 Å². The molecule has 0 aliphatic heterocycles. The Bertz CT molecular complexity index is 625. The number of nitrogens with zero attached hydrogens (tertiary/aromatic N) is 1. The predicted octanol–water partition coefficient (Wildman–Crippen LogP) is 4.99. The first-order valence-electron chi connectivity index (χ1n) is 5.01. The Balaban J connectivity index is 2.57. The fourth-order valence-corrected chi connectivity index (χ4v) is 2.25. The van der Waals surface area contributed by atoms with Gasteiger partial charge in [-0.3, -0.25) is 4.98 Å². The second-order valence-corrected chi connectivity index (χ2v) is 6.36. The largest absolute Gasteiger partial charge is 0.398 e. The van der Waals surface area contributed by atoms with Crippen LogP contribution in [0, 0.1) is 0 Å². The summed E-state index contributed by atoms with van der Waals surface area (Å²) in [5.41, 5.74) is 5.81. The van der Waals surface area contributed by atoms with Gasteiger partial charge in [-0.2, -0.15) is 0 Å². The van der Waals surface area contributed by atoms with Crippen LogP contribution < -0.4 is 5.73 Å². The zero-order valence-electron chi connectivity index (χ0n) is 9.36. The lowest BCUT2D eigenvalue weighted by Gasteiger charge is -2.40. The van der Waals surface area contributed by atoms with Crippen molar-refractivity contribution in [1.82, 2.24) is 4.98 Å². The predicted molar refractivity (Wildman–Crippen MR) is 65.5 cm³/mol. The summed E-state index contributed by atoms with van der Waals surface area (Å²) in [5.74, 6) is 0. The molecule has 0 radical (unpaired) electrons. The van der Waals surface area contributed by atoms with E-state index in [2.05, 4.69) is 4.98 Å². The molecule has 0 aliphatic carbocycles. The monoisotopic (exact) mass is 296 g/mol. The number of halogens is 5. The van der Waals surface area contributed by atoms with Gasteiger partial charge in [-0.05, 0) is 29.8 Å². The number of pyridine rings is 1. The lowest BCUT2D eigenvalue weighted by Crippen LogP contribution is -2.07. The van der Waals surface area contributed by atoms with Crippen LogP contribution in [0.3, 0.4) is 0 Å². The van der Waals surface area contributed by atoms with Crippen LogP contribution >= 0.6 is 10.2 Å². The van der Waals surface area contributed by atoms with Gasteiger partial charge < -0.3 is 5.73 Å². The molecule has 2 aromatic rings. The first-order chi connectivity index (χ1) is 8.47. The zero-order chi connectivity index (χ0) is 14.4. The second kappa shape index (κ2) is 3.38. The summed E-state index contributed by atoms with van der Waals surface area (Å²) in [6.45, 7) is 0. The summed E-state index contributed by atoms with van der Waals surface area (Å²) < 4.78 is 63.0. The van der Waals surface area contributed by atoms with Crippen molar-refractivity contribution in [3.8, 4) is 11.1 Å². The summed E-state index contributed by atoms with van der Waals surface area (Å²) in [5, 5.41) is 0. The number of hydrogen-bond donors (Lipinski definition) is 1. The van der Waals surface area contributed by atoms with Gasteiger partial charge in [0.25, 0.3) is 0 Å². The Morgan fingerprint density at radius 2 is 1.47 bits per heavy atom. The molecule has 2 N–H and O–H groups in total. The maximum atomic E-state index is 12.6. The molecule has 0 saturated heterocycles. The molecule has 1 heterocycles. The van der Waals surface area contributed by atoms with E-state index in [4.69, 9.17) is 5.73 Å². The van der Waals surface area contributed by atoms with Crippen molar-refractivity contribution in [2.45, 2.75) is 4.90 Å². The lowest BCUT2D eigenvalue weighted by molar-refractivity contribution is 0.364. The van der Waals surface area contributed by atoms with Gasteiger partial charge in [0.15, 0.2) is 0 Å². The van der Waals surface area contributed by atoms with E-state index in [1.165, 1.54) is 24.5 Å². The fourth-order valence-electron chi connectivity index (χ4n) is 1.58. The first kappa shape index (κ1) is 13.6. The fraction of sp³-hybridized carbons (Fsp3) is 0. The molecule has 0 aliphatic rings. The number of aromatic nitrogens is 1. The van der Waals surface area contributed by atoms with E-state index in [0.717, 1.165) is 6.07 Å². The van der Waals surface area contributed by atoms with Crippen LogP contribution in [0.2, 0.25) is 0 Å². The van der Waals surface area contributed by atoms with Crippen molar-refractivity contribution in [1.29, 1.82) is 0 Å². The average Bonchev–Trinajstić information content (AvgIpc) is 2.27. The number of anilines is 1. The molecule has 0 unspecified atom stereocenters.